The second-order valence-corrected chi connectivity index (χ2v) is 4.10. The van der Waals surface area contributed by atoms with Crippen molar-refractivity contribution in [1.29, 1.82) is 5.26 Å². The summed E-state index contributed by atoms with van der Waals surface area (Å²) in [5.41, 5.74) is 1.07. The molecule has 0 fully saturated rings. The summed E-state index contributed by atoms with van der Waals surface area (Å²) >= 11 is 1.15. The van der Waals surface area contributed by atoms with Gasteiger partial charge in [-0.15, -0.1) is 11.8 Å². The Morgan fingerprint density at radius 3 is 2.47 bits per heavy atom. The standard InChI is InChI=1S/C11H11F2NS/c12-11(13)8-15-10-5-3-9(4-6-10)2-1-7-14/h3-6,11H,1-2,8H2. The monoisotopic (exact) mass is 227 g/mol. The number of nitrogens with zero attached hydrogens (tertiary/aromatic N) is 1. The fraction of sp³-hybridized carbons (Fsp3) is 0.364. The molecule has 0 heterocycles. The van der Waals surface area contributed by atoms with Gasteiger partial charge in [-0.3, -0.25) is 0 Å². The minimum atomic E-state index is -2.27. The maximum atomic E-state index is 11.9. The van der Waals surface area contributed by atoms with E-state index in [2.05, 4.69) is 6.07 Å². The highest BCUT2D eigenvalue weighted by atomic mass is 32.2. The van der Waals surface area contributed by atoms with Crippen molar-refractivity contribution in [1.82, 2.24) is 0 Å². The van der Waals surface area contributed by atoms with Gasteiger partial charge in [-0.05, 0) is 24.1 Å². The Kier molecular flexibility index (Phi) is 5.13. The number of thioether (sulfide) groups is 1. The van der Waals surface area contributed by atoms with Gasteiger partial charge in [-0.25, -0.2) is 8.78 Å². The van der Waals surface area contributed by atoms with E-state index >= 15 is 0 Å². The third-order valence-corrected chi connectivity index (χ3v) is 2.85. The van der Waals surface area contributed by atoms with E-state index in [9.17, 15) is 8.78 Å². The normalized spacial score (nSPS) is 10.3. The van der Waals surface area contributed by atoms with E-state index in [0.29, 0.717) is 6.42 Å². The molecule has 0 saturated carbocycles. The summed E-state index contributed by atoms with van der Waals surface area (Å²) < 4.78 is 23.8. The lowest BCUT2D eigenvalue weighted by molar-refractivity contribution is 0.177. The predicted octanol–water partition coefficient (Wildman–Crippen LogP) is 3.50. The molecule has 4 heteroatoms. The van der Waals surface area contributed by atoms with E-state index in [1.165, 1.54) is 0 Å². The molecule has 0 aliphatic rings. The van der Waals surface area contributed by atoms with Gasteiger partial charge in [0, 0.05) is 11.3 Å². The molecule has 1 aromatic carbocycles. The summed E-state index contributed by atoms with van der Waals surface area (Å²) in [5, 5.41) is 8.39. The predicted molar refractivity (Wildman–Crippen MR) is 57.1 cm³/mol. The van der Waals surface area contributed by atoms with E-state index in [1.54, 1.807) is 0 Å². The summed E-state index contributed by atoms with van der Waals surface area (Å²) in [6.07, 6.45) is -1.06. The van der Waals surface area contributed by atoms with Crippen LogP contribution in [0.1, 0.15) is 12.0 Å². The van der Waals surface area contributed by atoms with Crippen molar-refractivity contribution < 1.29 is 8.78 Å². The van der Waals surface area contributed by atoms with Crippen LogP contribution in [0.25, 0.3) is 0 Å². The highest BCUT2D eigenvalue weighted by molar-refractivity contribution is 7.99. The van der Waals surface area contributed by atoms with Crippen LogP contribution in [0.4, 0.5) is 8.78 Å². The van der Waals surface area contributed by atoms with E-state index in [4.69, 9.17) is 5.26 Å². The molecule has 80 valence electrons. The van der Waals surface area contributed by atoms with Crippen LogP contribution in [-0.4, -0.2) is 12.2 Å². The highest BCUT2D eigenvalue weighted by Crippen LogP contribution is 2.20. The largest absolute Gasteiger partial charge is 0.247 e. The average molecular weight is 227 g/mol. The van der Waals surface area contributed by atoms with Crippen LogP contribution in [0.5, 0.6) is 0 Å². The molecule has 0 radical (unpaired) electrons. The van der Waals surface area contributed by atoms with Crippen molar-refractivity contribution in [3.05, 3.63) is 29.8 Å². The zero-order valence-electron chi connectivity index (χ0n) is 8.12. The minimum absolute atomic E-state index is 0.169. The first-order chi connectivity index (χ1) is 7.22. The maximum absolute atomic E-state index is 11.9. The van der Waals surface area contributed by atoms with Crippen molar-refractivity contribution in [2.45, 2.75) is 24.2 Å². The van der Waals surface area contributed by atoms with Gasteiger partial charge in [0.2, 0.25) is 6.43 Å². The SMILES string of the molecule is N#CCCc1ccc(SCC(F)F)cc1. The molecule has 0 bridgehead atoms. The molecule has 1 aromatic rings. The second kappa shape index (κ2) is 6.41. The summed E-state index contributed by atoms with van der Waals surface area (Å²) in [7, 11) is 0. The number of halogens is 2. The smallest absolute Gasteiger partial charge is 0.210 e. The van der Waals surface area contributed by atoms with Crippen LogP contribution in [-0.2, 0) is 6.42 Å². The molecule has 0 aromatic heterocycles. The molecule has 0 atom stereocenters. The van der Waals surface area contributed by atoms with Gasteiger partial charge in [0.05, 0.1) is 11.8 Å². The first-order valence-electron chi connectivity index (χ1n) is 4.59. The van der Waals surface area contributed by atoms with Gasteiger partial charge < -0.3 is 0 Å². The van der Waals surface area contributed by atoms with Crippen molar-refractivity contribution in [2.24, 2.45) is 0 Å². The molecule has 1 nitrogen and oxygen atoms in total. The van der Waals surface area contributed by atoms with Crippen LogP contribution >= 0.6 is 11.8 Å². The van der Waals surface area contributed by atoms with Gasteiger partial charge in [0.25, 0.3) is 0 Å². The Balaban J connectivity index is 2.46. The van der Waals surface area contributed by atoms with Crippen LogP contribution in [0.2, 0.25) is 0 Å². The van der Waals surface area contributed by atoms with Crippen molar-refractivity contribution >= 4 is 11.8 Å². The molecule has 0 N–H and O–H groups in total. The molecule has 15 heavy (non-hydrogen) atoms. The Labute approximate surface area is 92.1 Å². The van der Waals surface area contributed by atoms with Crippen LogP contribution in [0.3, 0.4) is 0 Å². The van der Waals surface area contributed by atoms with E-state index in [0.717, 1.165) is 28.6 Å². The number of nitriles is 1. The zero-order chi connectivity index (χ0) is 11.1. The van der Waals surface area contributed by atoms with Gasteiger partial charge in [-0.1, -0.05) is 12.1 Å². The van der Waals surface area contributed by atoms with Gasteiger partial charge in [0.15, 0.2) is 0 Å². The molecule has 0 amide bonds. The lowest BCUT2D eigenvalue weighted by Crippen LogP contribution is -1.93. The minimum Gasteiger partial charge on any atom is -0.210 e. The van der Waals surface area contributed by atoms with Crippen LogP contribution < -0.4 is 0 Å². The van der Waals surface area contributed by atoms with Crippen LogP contribution in [0, 0.1) is 11.3 Å². The summed E-state index contributed by atoms with van der Waals surface area (Å²) in [6, 6.07) is 9.47. The first-order valence-corrected chi connectivity index (χ1v) is 5.58. The molecule has 0 aliphatic carbocycles. The lowest BCUT2D eigenvalue weighted by Gasteiger charge is -2.02. The second-order valence-electron chi connectivity index (χ2n) is 3.00. The average Bonchev–Trinajstić information content (AvgIpc) is 2.25. The van der Waals surface area contributed by atoms with E-state index in [-0.39, 0.29) is 5.75 Å². The van der Waals surface area contributed by atoms with E-state index < -0.39 is 6.43 Å². The fourth-order valence-corrected chi connectivity index (χ4v) is 1.76. The number of hydrogen-bond donors (Lipinski definition) is 0. The van der Waals surface area contributed by atoms with Gasteiger partial charge >= 0.3 is 0 Å². The molecule has 1 rings (SSSR count). The van der Waals surface area contributed by atoms with Gasteiger partial charge in [-0.2, -0.15) is 5.26 Å². The number of alkyl halides is 2. The Hall–Kier alpha value is -1.08. The number of hydrogen-bond acceptors (Lipinski definition) is 2. The molecular weight excluding hydrogens is 216 g/mol. The summed E-state index contributed by atoms with van der Waals surface area (Å²) in [6.45, 7) is 0. The third-order valence-electron chi connectivity index (χ3n) is 1.82. The quantitative estimate of drug-likeness (QED) is 0.719. The number of rotatable bonds is 5. The highest BCUT2D eigenvalue weighted by Gasteiger charge is 2.03. The molecular formula is C11H11F2NS. The lowest BCUT2D eigenvalue weighted by atomic mass is 10.1. The molecule has 0 aliphatic heterocycles. The van der Waals surface area contributed by atoms with Crippen LogP contribution in [0.15, 0.2) is 29.2 Å². The Morgan fingerprint density at radius 1 is 1.27 bits per heavy atom. The Morgan fingerprint density at radius 2 is 1.93 bits per heavy atom. The van der Waals surface area contributed by atoms with E-state index in [1.807, 2.05) is 24.3 Å². The van der Waals surface area contributed by atoms with Crippen molar-refractivity contribution in [3.8, 4) is 6.07 Å². The zero-order valence-corrected chi connectivity index (χ0v) is 8.94. The molecule has 0 saturated heterocycles. The Bertz CT molecular complexity index is 329. The molecule has 0 unspecified atom stereocenters. The molecule has 0 spiro atoms. The van der Waals surface area contributed by atoms with Crippen molar-refractivity contribution in [3.63, 3.8) is 0 Å². The maximum Gasteiger partial charge on any atom is 0.247 e. The van der Waals surface area contributed by atoms with Gasteiger partial charge in [0.1, 0.15) is 0 Å². The van der Waals surface area contributed by atoms with Crippen molar-refractivity contribution in [2.75, 3.05) is 5.75 Å². The number of benzene rings is 1. The summed E-state index contributed by atoms with van der Waals surface area (Å²) in [5.74, 6) is -0.169. The number of aryl methyl sites for hydroxylation is 1. The summed E-state index contributed by atoms with van der Waals surface area (Å²) in [4.78, 5) is 0.844. The fourth-order valence-electron chi connectivity index (χ4n) is 1.11. The third kappa shape index (κ3) is 4.80. The topological polar surface area (TPSA) is 23.8 Å². The first kappa shape index (κ1) is 12.0.